The molecule has 8 nitrogen and oxygen atoms in total. The zero-order valence-electron chi connectivity index (χ0n) is 15.1. The highest BCUT2D eigenvalue weighted by atomic mass is 16.6. The van der Waals surface area contributed by atoms with Crippen LogP contribution in [0.5, 0.6) is 11.5 Å². The van der Waals surface area contributed by atoms with Crippen molar-refractivity contribution in [2.75, 3.05) is 33.2 Å². The van der Waals surface area contributed by atoms with Crippen molar-refractivity contribution in [1.29, 1.82) is 0 Å². The number of nitro benzene ring substituents is 1. The van der Waals surface area contributed by atoms with Crippen LogP contribution in [0.4, 0.5) is 11.4 Å². The van der Waals surface area contributed by atoms with Crippen molar-refractivity contribution < 1.29 is 19.2 Å². The minimum absolute atomic E-state index is 0.139. The first-order chi connectivity index (χ1) is 12.4. The van der Waals surface area contributed by atoms with E-state index in [2.05, 4.69) is 5.32 Å². The lowest BCUT2D eigenvalue weighted by Crippen LogP contribution is -2.25. The molecule has 0 aromatic heterocycles. The summed E-state index contributed by atoms with van der Waals surface area (Å²) in [5.41, 5.74) is 1.41. The van der Waals surface area contributed by atoms with Crippen LogP contribution in [0, 0.1) is 10.1 Å². The smallest absolute Gasteiger partial charge is 0.270 e. The summed E-state index contributed by atoms with van der Waals surface area (Å²) in [5, 5.41) is 13.8. The Morgan fingerprint density at radius 2 is 1.88 bits per heavy atom. The van der Waals surface area contributed by atoms with Crippen LogP contribution in [0.2, 0.25) is 0 Å². The van der Waals surface area contributed by atoms with Gasteiger partial charge in [0.05, 0.1) is 24.7 Å². The number of nitrogens with one attached hydrogen (secondary N) is 1. The number of benzene rings is 2. The highest BCUT2D eigenvalue weighted by Crippen LogP contribution is 2.26. The standard InChI is InChI=1S/C18H21N3O5/c1-20(2)16-7-5-13(21(23)24)10-15(16)18(22)19-11-12-9-14(25-3)6-8-17(12)26-4/h5-10H,11H2,1-4H3,(H,19,22). The van der Waals surface area contributed by atoms with E-state index in [1.165, 1.54) is 19.2 Å². The molecule has 0 aliphatic heterocycles. The Morgan fingerprint density at radius 1 is 1.15 bits per heavy atom. The maximum absolute atomic E-state index is 12.6. The summed E-state index contributed by atoms with van der Waals surface area (Å²) >= 11 is 0. The van der Waals surface area contributed by atoms with Crippen LogP contribution >= 0.6 is 0 Å². The number of nitrogens with zero attached hydrogens (tertiary/aromatic N) is 2. The Kier molecular flexibility index (Phi) is 6.00. The van der Waals surface area contributed by atoms with E-state index in [9.17, 15) is 14.9 Å². The number of rotatable bonds is 7. The molecule has 138 valence electrons. The summed E-state index contributed by atoms with van der Waals surface area (Å²) in [6.07, 6.45) is 0. The zero-order chi connectivity index (χ0) is 19.3. The average Bonchev–Trinajstić information content (AvgIpc) is 2.64. The van der Waals surface area contributed by atoms with Gasteiger partial charge in [0.15, 0.2) is 0 Å². The molecule has 0 bridgehead atoms. The van der Waals surface area contributed by atoms with Crippen molar-refractivity contribution >= 4 is 17.3 Å². The van der Waals surface area contributed by atoms with Crippen LogP contribution in [-0.2, 0) is 6.54 Å². The highest BCUT2D eigenvalue weighted by molar-refractivity contribution is 6.00. The third kappa shape index (κ3) is 4.21. The molecule has 0 atom stereocenters. The van der Waals surface area contributed by atoms with Gasteiger partial charge in [0, 0.05) is 44.0 Å². The van der Waals surface area contributed by atoms with Gasteiger partial charge < -0.3 is 19.7 Å². The fourth-order valence-electron chi connectivity index (χ4n) is 2.50. The fourth-order valence-corrected chi connectivity index (χ4v) is 2.50. The van der Waals surface area contributed by atoms with Gasteiger partial charge in [0.2, 0.25) is 0 Å². The number of ether oxygens (including phenoxy) is 2. The van der Waals surface area contributed by atoms with Gasteiger partial charge in [0.25, 0.3) is 11.6 Å². The van der Waals surface area contributed by atoms with E-state index >= 15 is 0 Å². The quantitative estimate of drug-likeness (QED) is 0.603. The van der Waals surface area contributed by atoms with Crippen LogP contribution in [-0.4, -0.2) is 39.1 Å². The summed E-state index contributed by atoms with van der Waals surface area (Å²) in [7, 11) is 6.63. The van der Waals surface area contributed by atoms with Crippen molar-refractivity contribution in [3.8, 4) is 11.5 Å². The number of carbonyl (C=O) groups excluding carboxylic acids is 1. The molecule has 0 saturated carbocycles. The fraction of sp³-hybridized carbons (Fsp3) is 0.278. The molecule has 0 unspecified atom stereocenters. The van der Waals surface area contributed by atoms with Gasteiger partial charge in [0.1, 0.15) is 11.5 Å². The van der Waals surface area contributed by atoms with Gasteiger partial charge in [-0.15, -0.1) is 0 Å². The van der Waals surface area contributed by atoms with Crippen LogP contribution in [0.3, 0.4) is 0 Å². The van der Waals surface area contributed by atoms with Crippen molar-refractivity contribution in [1.82, 2.24) is 5.32 Å². The van der Waals surface area contributed by atoms with E-state index < -0.39 is 10.8 Å². The van der Waals surface area contributed by atoms with E-state index in [1.54, 1.807) is 50.4 Å². The average molecular weight is 359 g/mol. The minimum atomic E-state index is -0.526. The first-order valence-electron chi connectivity index (χ1n) is 7.82. The first kappa shape index (κ1) is 19.0. The third-order valence-corrected chi connectivity index (χ3v) is 3.84. The van der Waals surface area contributed by atoms with E-state index in [1.807, 2.05) is 0 Å². The topological polar surface area (TPSA) is 93.9 Å². The number of methoxy groups -OCH3 is 2. The second-order valence-corrected chi connectivity index (χ2v) is 5.71. The molecule has 2 aromatic rings. The second-order valence-electron chi connectivity index (χ2n) is 5.71. The molecule has 1 amide bonds. The second kappa shape index (κ2) is 8.19. The lowest BCUT2D eigenvalue weighted by Gasteiger charge is -2.17. The van der Waals surface area contributed by atoms with Gasteiger partial charge in [-0.25, -0.2) is 0 Å². The zero-order valence-corrected chi connectivity index (χ0v) is 15.1. The molecular formula is C18H21N3O5. The lowest BCUT2D eigenvalue weighted by molar-refractivity contribution is -0.384. The summed E-state index contributed by atoms with van der Waals surface area (Å²) < 4.78 is 10.5. The van der Waals surface area contributed by atoms with Crippen molar-refractivity contribution in [2.45, 2.75) is 6.54 Å². The molecule has 2 rings (SSSR count). The Bertz CT molecular complexity index is 820. The maximum Gasteiger partial charge on any atom is 0.270 e. The van der Waals surface area contributed by atoms with Gasteiger partial charge in [-0.2, -0.15) is 0 Å². The third-order valence-electron chi connectivity index (χ3n) is 3.84. The Morgan fingerprint density at radius 3 is 2.46 bits per heavy atom. The SMILES string of the molecule is COc1ccc(OC)c(CNC(=O)c2cc([N+](=O)[O-])ccc2N(C)C)c1. The van der Waals surface area contributed by atoms with E-state index in [0.717, 1.165) is 5.56 Å². The van der Waals surface area contributed by atoms with Gasteiger partial charge >= 0.3 is 0 Å². The van der Waals surface area contributed by atoms with Crippen molar-refractivity contribution in [3.63, 3.8) is 0 Å². The van der Waals surface area contributed by atoms with Crippen LogP contribution < -0.4 is 19.7 Å². The number of nitro groups is 1. The molecule has 0 aliphatic carbocycles. The summed E-state index contributed by atoms with van der Waals surface area (Å²) in [6.45, 7) is 0.189. The van der Waals surface area contributed by atoms with E-state index in [-0.39, 0.29) is 17.8 Å². The summed E-state index contributed by atoms with van der Waals surface area (Å²) in [5.74, 6) is 0.833. The highest BCUT2D eigenvalue weighted by Gasteiger charge is 2.18. The predicted molar refractivity (Wildman–Crippen MR) is 98.1 cm³/mol. The van der Waals surface area contributed by atoms with E-state index in [4.69, 9.17) is 9.47 Å². The molecule has 26 heavy (non-hydrogen) atoms. The molecule has 1 N–H and O–H groups in total. The summed E-state index contributed by atoms with van der Waals surface area (Å²) in [4.78, 5) is 24.9. The number of non-ortho nitro benzene ring substituents is 1. The van der Waals surface area contributed by atoms with Crippen LogP contribution in [0.15, 0.2) is 36.4 Å². The normalized spacial score (nSPS) is 10.2. The minimum Gasteiger partial charge on any atom is -0.497 e. The number of carbonyl (C=O) groups is 1. The molecule has 0 radical (unpaired) electrons. The number of anilines is 1. The predicted octanol–water partition coefficient (Wildman–Crippen LogP) is 2.61. The molecule has 0 heterocycles. The molecule has 2 aromatic carbocycles. The van der Waals surface area contributed by atoms with Crippen molar-refractivity contribution in [3.05, 3.63) is 57.6 Å². The van der Waals surface area contributed by atoms with Gasteiger partial charge in [-0.05, 0) is 24.3 Å². The number of hydrogen-bond acceptors (Lipinski definition) is 6. The van der Waals surface area contributed by atoms with Crippen LogP contribution in [0.25, 0.3) is 0 Å². The maximum atomic E-state index is 12.6. The largest absolute Gasteiger partial charge is 0.497 e. The number of amides is 1. The van der Waals surface area contributed by atoms with E-state index in [0.29, 0.717) is 17.2 Å². The molecular weight excluding hydrogens is 338 g/mol. The Balaban J connectivity index is 2.27. The lowest BCUT2D eigenvalue weighted by atomic mass is 10.1. The van der Waals surface area contributed by atoms with Gasteiger partial charge in [-0.3, -0.25) is 14.9 Å². The van der Waals surface area contributed by atoms with Crippen molar-refractivity contribution in [2.24, 2.45) is 0 Å². The molecule has 0 aliphatic rings. The molecule has 8 heteroatoms. The molecule has 0 saturated heterocycles. The van der Waals surface area contributed by atoms with Gasteiger partial charge in [-0.1, -0.05) is 0 Å². The first-order valence-corrected chi connectivity index (χ1v) is 7.82. The molecule has 0 fully saturated rings. The van der Waals surface area contributed by atoms with Crippen LogP contribution in [0.1, 0.15) is 15.9 Å². The molecule has 0 spiro atoms. The Hall–Kier alpha value is -3.29. The summed E-state index contributed by atoms with van der Waals surface area (Å²) in [6, 6.07) is 9.47. The monoisotopic (exact) mass is 359 g/mol. The Labute approximate surface area is 151 Å². The number of hydrogen-bond donors (Lipinski definition) is 1.